The summed E-state index contributed by atoms with van der Waals surface area (Å²) in [6, 6.07) is 13.8. The lowest BCUT2D eigenvalue weighted by atomic mass is 10.1. The summed E-state index contributed by atoms with van der Waals surface area (Å²) in [5, 5.41) is 2.87. The standard InChI is InChI=1S/C17H16FN3O/c18-14-7-5-13(6-8-14)11-17(22)19-9-10-21-12-20-15-3-1-2-4-16(15)21/h1-8,12H,9-11H2,(H,19,22). The number of benzene rings is 2. The summed E-state index contributed by atoms with van der Waals surface area (Å²) < 4.78 is 14.8. The number of imidazole rings is 1. The molecule has 3 rings (SSSR count). The Morgan fingerprint density at radius 2 is 1.91 bits per heavy atom. The van der Waals surface area contributed by atoms with Gasteiger partial charge in [-0.05, 0) is 29.8 Å². The molecule has 1 heterocycles. The molecule has 5 heteroatoms. The summed E-state index contributed by atoms with van der Waals surface area (Å²) in [4.78, 5) is 16.2. The Bertz CT molecular complexity index is 780. The van der Waals surface area contributed by atoms with Gasteiger partial charge in [0.05, 0.1) is 23.8 Å². The van der Waals surface area contributed by atoms with Crippen molar-refractivity contribution in [3.8, 4) is 0 Å². The molecule has 0 atom stereocenters. The number of carbonyl (C=O) groups is 1. The molecular formula is C17H16FN3O. The van der Waals surface area contributed by atoms with Gasteiger partial charge in [-0.15, -0.1) is 0 Å². The van der Waals surface area contributed by atoms with E-state index in [0.29, 0.717) is 13.1 Å². The fourth-order valence-corrected chi connectivity index (χ4v) is 2.35. The predicted molar refractivity (Wildman–Crippen MR) is 82.8 cm³/mol. The van der Waals surface area contributed by atoms with Gasteiger partial charge in [-0.2, -0.15) is 0 Å². The van der Waals surface area contributed by atoms with Crippen molar-refractivity contribution in [2.75, 3.05) is 6.54 Å². The van der Waals surface area contributed by atoms with Crippen LogP contribution < -0.4 is 5.32 Å². The van der Waals surface area contributed by atoms with Gasteiger partial charge in [0.2, 0.25) is 5.91 Å². The van der Waals surface area contributed by atoms with Gasteiger partial charge in [0.15, 0.2) is 0 Å². The summed E-state index contributed by atoms with van der Waals surface area (Å²) in [6.45, 7) is 1.19. The highest BCUT2D eigenvalue weighted by atomic mass is 19.1. The van der Waals surface area contributed by atoms with Crippen molar-refractivity contribution >= 4 is 16.9 Å². The molecule has 0 aliphatic carbocycles. The first kappa shape index (κ1) is 14.3. The second kappa shape index (κ2) is 6.39. The SMILES string of the molecule is O=C(Cc1ccc(F)cc1)NCCn1cnc2ccccc21. The van der Waals surface area contributed by atoms with Crippen LogP contribution in [0.4, 0.5) is 4.39 Å². The number of hydrogen-bond donors (Lipinski definition) is 1. The molecule has 112 valence electrons. The lowest BCUT2D eigenvalue weighted by Crippen LogP contribution is -2.28. The molecule has 0 saturated carbocycles. The molecule has 0 aliphatic heterocycles. The minimum Gasteiger partial charge on any atom is -0.354 e. The van der Waals surface area contributed by atoms with Crippen LogP contribution >= 0.6 is 0 Å². The number of carbonyl (C=O) groups excluding carboxylic acids is 1. The van der Waals surface area contributed by atoms with E-state index in [1.54, 1.807) is 18.5 Å². The number of nitrogens with zero attached hydrogens (tertiary/aromatic N) is 2. The minimum atomic E-state index is -0.295. The number of amides is 1. The fourth-order valence-electron chi connectivity index (χ4n) is 2.35. The van der Waals surface area contributed by atoms with Crippen molar-refractivity contribution in [2.45, 2.75) is 13.0 Å². The lowest BCUT2D eigenvalue weighted by Gasteiger charge is -2.07. The van der Waals surface area contributed by atoms with Crippen molar-refractivity contribution in [3.63, 3.8) is 0 Å². The second-order valence-electron chi connectivity index (χ2n) is 5.08. The normalized spacial score (nSPS) is 10.8. The summed E-state index contributed by atoms with van der Waals surface area (Å²) in [7, 11) is 0. The maximum absolute atomic E-state index is 12.8. The number of aromatic nitrogens is 2. The van der Waals surface area contributed by atoms with Crippen molar-refractivity contribution < 1.29 is 9.18 Å². The topological polar surface area (TPSA) is 46.9 Å². The Morgan fingerprint density at radius 1 is 1.14 bits per heavy atom. The smallest absolute Gasteiger partial charge is 0.224 e. The van der Waals surface area contributed by atoms with Crippen molar-refractivity contribution in [1.29, 1.82) is 0 Å². The Kier molecular flexibility index (Phi) is 4.14. The van der Waals surface area contributed by atoms with E-state index in [1.807, 2.05) is 28.8 Å². The van der Waals surface area contributed by atoms with Gasteiger partial charge in [0.1, 0.15) is 5.82 Å². The van der Waals surface area contributed by atoms with E-state index in [-0.39, 0.29) is 18.1 Å². The molecule has 1 amide bonds. The van der Waals surface area contributed by atoms with Crippen LogP contribution in [0.3, 0.4) is 0 Å². The van der Waals surface area contributed by atoms with E-state index in [2.05, 4.69) is 10.3 Å². The van der Waals surface area contributed by atoms with Crippen LogP contribution in [0.2, 0.25) is 0 Å². The van der Waals surface area contributed by atoms with E-state index >= 15 is 0 Å². The van der Waals surface area contributed by atoms with Crippen molar-refractivity contribution in [2.24, 2.45) is 0 Å². The Hall–Kier alpha value is -2.69. The molecular weight excluding hydrogens is 281 g/mol. The molecule has 0 bridgehead atoms. The molecule has 4 nitrogen and oxygen atoms in total. The van der Waals surface area contributed by atoms with E-state index in [4.69, 9.17) is 0 Å². The van der Waals surface area contributed by atoms with Crippen LogP contribution in [-0.2, 0) is 17.8 Å². The summed E-state index contributed by atoms with van der Waals surface area (Å²) >= 11 is 0. The maximum atomic E-state index is 12.8. The molecule has 1 aromatic heterocycles. The van der Waals surface area contributed by atoms with Crippen LogP contribution in [0.1, 0.15) is 5.56 Å². The molecule has 1 N–H and O–H groups in total. The van der Waals surface area contributed by atoms with E-state index in [9.17, 15) is 9.18 Å². The maximum Gasteiger partial charge on any atom is 0.224 e. The lowest BCUT2D eigenvalue weighted by molar-refractivity contribution is -0.120. The molecule has 0 saturated heterocycles. The molecule has 22 heavy (non-hydrogen) atoms. The zero-order valence-corrected chi connectivity index (χ0v) is 12.0. The molecule has 0 unspecified atom stereocenters. The number of rotatable bonds is 5. The number of nitrogens with one attached hydrogen (secondary N) is 1. The van der Waals surface area contributed by atoms with Crippen LogP contribution in [0, 0.1) is 5.82 Å². The summed E-state index contributed by atoms with van der Waals surface area (Å²) in [5.41, 5.74) is 2.79. The molecule has 0 radical (unpaired) electrons. The van der Waals surface area contributed by atoms with Crippen molar-refractivity contribution in [3.05, 3.63) is 66.2 Å². The number of para-hydroxylation sites is 2. The van der Waals surface area contributed by atoms with Gasteiger partial charge in [-0.25, -0.2) is 9.37 Å². The van der Waals surface area contributed by atoms with Gasteiger partial charge in [-0.3, -0.25) is 4.79 Å². The first-order valence-electron chi connectivity index (χ1n) is 7.13. The largest absolute Gasteiger partial charge is 0.354 e. The minimum absolute atomic E-state index is 0.0731. The van der Waals surface area contributed by atoms with Gasteiger partial charge < -0.3 is 9.88 Å². The Balaban J connectivity index is 1.52. The van der Waals surface area contributed by atoms with Crippen molar-refractivity contribution in [1.82, 2.24) is 14.9 Å². The molecule has 0 fully saturated rings. The first-order valence-corrected chi connectivity index (χ1v) is 7.13. The number of halogens is 1. The Labute approximate surface area is 127 Å². The zero-order valence-electron chi connectivity index (χ0n) is 12.0. The van der Waals surface area contributed by atoms with Gasteiger partial charge in [-0.1, -0.05) is 24.3 Å². The predicted octanol–water partition coefficient (Wildman–Crippen LogP) is 2.53. The quantitative estimate of drug-likeness (QED) is 0.786. The van der Waals surface area contributed by atoms with Crippen LogP contribution in [-0.4, -0.2) is 22.0 Å². The van der Waals surface area contributed by atoms with E-state index in [1.165, 1.54) is 12.1 Å². The highest BCUT2D eigenvalue weighted by Gasteiger charge is 2.04. The second-order valence-corrected chi connectivity index (χ2v) is 5.08. The average Bonchev–Trinajstić information content (AvgIpc) is 2.93. The molecule has 0 spiro atoms. The third-order valence-corrected chi connectivity index (χ3v) is 3.48. The third kappa shape index (κ3) is 3.31. The molecule has 2 aromatic carbocycles. The highest BCUT2D eigenvalue weighted by Crippen LogP contribution is 2.11. The summed E-state index contributed by atoms with van der Waals surface area (Å²) in [5.74, 6) is -0.368. The Morgan fingerprint density at radius 3 is 2.73 bits per heavy atom. The van der Waals surface area contributed by atoms with Crippen LogP contribution in [0.15, 0.2) is 54.9 Å². The zero-order chi connectivity index (χ0) is 15.4. The van der Waals surface area contributed by atoms with E-state index < -0.39 is 0 Å². The number of hydrogen-bond acceptors (Lipinski definition) is 2. The van der Waals surface area contributed by atoms with Gasteiger partial charge in [0, 0.05) is 13.1 Å². The molecule has 3 aromatic rings. The van der Waals surface area contributed by atoms with Gasteiger partial charge >= 0.3 is 0 Å². The fraction of sp³-hybridized carbons (Fsp3) is 0.176. The highest BCUT2D eigenvalue weighted by molar-refractivity contribution is 5.78. The third-order valence-electron chi connectivity index (χ3n) is 3.48. The monoisotopic (exact) mass is 297 g/mol. The van der Waals surface area contributed by atoms with Gasteiger partial charge in [0.25, 0.3) is 0 Å². The summed E-state index contributed by atoms with van der Waals surface area (Å²) in [6.07, 6.45) is 2.03. The van der Waals surface area contributed by atoms with Crippen LogP contribution in [0.25, 0.3) is 11.0 Å². The van der Waals surface area contributed by atoms with Crippen LogP contribution in [0.5, 0.6) is 0 Å². The molecule has 0 aliphatic rings. The first-order chi connectivity index (χ1) is 10.7. The number of fused-ring (bicyclic) bond motifs is 1. The average molecular weight is 297 g/mol. The van der Waals surface area contributed by atoms with E-state index in [0.717, 1.165) is 16.6 Å².